The summed E-state index contributed by atoms with van der Waals surface area (Å²) in [6.07, 6.45) is 1.60. The lowest BCUT2D eigenvalue weighted by molar-refractivity contribution is -0.139. The highest BCUT2D eigenvalue weighted by molar-refractivity contribution is 7.88. The molecule has 0 radical (unpaired) electrons. The van der Waals surface area contributed by atoms with Gasteiger partial charge in [0.05, 0.1) is 12.7 Å². The van der Waals surface area contributed by atoms with Crippen LogP contribution in [0.15, 0.2) is 0 Å². The standard InChI is InChI=1S/C11H22N2O5S/c1-11(2,8-10(15)16)7-9(14)12-5-4-6-13-19(3,17)18/h13H,4-8H2,1-3H3,(H,12,14)(H,15,16). The predicted molar refractivity (Wildman–Crippen MR) is 71.1 cm³/mol. The van der Waals surface area contributed by atoms with Crippen molar-refractivity contribution in [1.29, 1.82) is 0 Å². The van der Waals surface area contributed by atoms with Gasteiger partial charge >= 0.3 is 5.97 Å². The van der Waals surface area contributed by atoms with Crippen LogP contribution in [0.25, 0.3) is 0 Å². The van der Waals surface area contributed by atoms with Crippen LogP contribution in [-0.4, -0.2) is 44.7 Å². The van der Waals surface area contributed by atoms with Gasteiger partial charge in [0.1, 0.15) is 0 Å². The lowest BCUT2D eigenvalue weighted by Gasteiger charge is -2.21. The van der Waals surface area contributed by atoms with Gasteiger partial charge in [-0.1, -0.05) is 13.8 Å². The molecule has 1 amide bonds. The molecule has 0 saturated carbocycles. The zero-order valence-electron chi connectivity index (χ0n) is 11.5. The molecule has 0 bridgehead atoms. The Morgan fingerprint density at radius 3 is 2.21 bits per heavy atom. The third-order valence-corrected chi connectivity index (χ3v) is 3.04. The van der Waals surface area contributed by atoms with Crippen LogP contribution in [0.3, 0.4) is 0 Å². The summed E-state index contributed by atoms with van der Waals surface area (Å²) in [6.45, 7) is 4.04. The van der Waals surface area contributed by atoms with E-state index in [1.807, 2.05) is 0 Å². The first-order valence-corrected chi connectivity index (χ1v) is 7.84. The third kappa shape index (κ3) is 11.7. The first-order chi connectivity index (χ1) is 8.52. The van der Waals surface area contributed by atoms with Gasteiger partial charge in [0.15, 0.2) is 0 Å². The average molecular weight is 294 g/mol. The van der Waals surface area contributed by atoms with Crippen molar-refractivity contribution in [2.75, 3.05) is 19.3 Å². The summed E-state index contributed by atoms with van der Waals surface area (Å²) < 4.78 is 23.8. The number of carboxylic acid groups (broad SMARTS) is 1. The largest absolute Gasteiger partial charge is 0.481 e. The number of carboxylic acids is 1. The highest BCUT2D eigenvalue weighted by Gasteiger charge is 2.24. The van der Waals surface area contributed by atoms with Crippen LogP contribution in [-0.2, 0) is 19.6 Å². The van der Waals surface area contributed by atoms with Crippen LogP contribution in [0, 0.1) is 5.41 Å². The van der Waals surface area contributed by atoms with Gasteiger partial charge in [0, 0.05) is 19.5 Å². The fourth-order valence-corrected chi connectivity index (χ4v) is 2.06. The second-order valence-electron chi connectivity index (χ2n) is 5.28. The zero-order valence-corrected chi connectivity index (χ0v) is 12.3. The fourth-order valence-electron chi connectivity index (χ4n) is 1.54. The van der Waals surface area contributed by atoms with Gasteiger partial charge in [-0.3, -0.25) is 9.59 Å². The second kappa shape index (κ2) is 7.44. The maximum absolute atomic E-state index is 11.6. The van der Waals surface area contributed by atoms with Crippen LogP contribution >= 0.6 is 0 Å². The van der Waals surface area contributed by atoms with E-state index in [-0.39, 0.29) is 25.3 Å². The molecular weight excluding hydrogens is 272 g/mol. The van der Waals surface area contributed by atoms with Gasteiger partial charge in [-0.2, -0.15) is 0 Å². The summed E-state index contributed by atoms with van der Waals surface area (Å²) in [5.74, 6) is -1.17. The van der Waals surface area contributed by atoms with Crippen molar-refractivity contribution in [2.24, 2.45) is 5.41 Å². The Morgan fingerprint density at radius 1 is 1.16 bits per heavy atom. The van der Waals surface area contributed by atoms with Gasteiger partial charge in [0.25, 0.3) is 0 Å². The van der Waals surface area contributed by atoms with E-state index in [1.165, 1.54) is 0 Å². The van der Waals surface area contributed by atoms with E-state index in [9.17, 15) is 18.0 Å². The monoisotopic (exact) mass is 294 g/mol. The summed E-state index contributed by atoms with van der Waals surface area (Å²) >= 11 is 0. The summed E-state index contributed by atoms with van der Waals surface area (Å²) in [4.78, 5) is 22.2. The van der Waals surface area contributed by atoms with E-state index >= 15 is 0 Å². The molecule has 0 aromatic rings. The molecule has 0 unspecified atom stereocenters. The number of nitrogens with one attached hydrogen (secondary N) is 2. The molecule has 7 nitrogen and oxygen atoms in total. The molecule has 0 fully saturated rings. The smallest absolute Gasteiger partial charge is 0.303 e. The highest BCUT2D eigenvalue weighted by Crippen LogP contribution is 2.24. The van der Waals surface area contributed by atoms with E-state index < -0.39 is 21.4 Å². The van der Waals surface area contributed by atoms with Gasteiger partial charge < -0.3 is 10.4 Å². The van der Waals surface area contributed by atoms with Gasteiger partial charge in [-0.05, 0) is 11.8 Å². The molecule has 0 aromatic heterocycles. The predicted octanol–water partition coefficient (Wildman–Crippen LogP) is -0.0671. The van der Waals surface area contributed by atoms with Crippen molar-refractivity contribution in [3.63, 3.8) is 0 Å². The topological polar surface area (TPSA) is 113 Å². The third-order valence-electron chi connectivity index (χ3n) is 2.31. The van der Waals surface area contributed by atoms with Gasteiger partial charge in [-0.15, -0.1) is 0 Å². The van der Waals surface area contributed by atoms with E-state index in [4.69, 9.17) is 5.11 Å². The quantitative estimate of drug-likeness (QED) is 0.515. The van der Waals surface area contributed by atoms with Crippen molar-refractivity contribution >= 4 is 21.9 Å². The van der Waals surface area contributed by atoms with Crippen LogP contribution in [0.4, 0.5) is 0 Å². The van der Waals surface area contributed by atoms with Crippen LogP contribution < -0.4 is 10.0 Å². The molecule has 0 saturated heterocycles. The molecule has 19 heavy (non-hydrogen) atoms. The van der Waals surface area contributed by atoms with E-state index in [0.29, 0.717) is 13.0 Å². The first-order valence-electron chi connectivity index (χ1n) is 5.95. The van der Waals surface area contributed by atoms with Crippen LogP contribution in [0.5, 0.6) is 0 Å². The van der Waals surface area contributed by atoms with Crippen LogP contribution in [0.1, 0.15) is 33.1 Å². The molecule has 0 heterocycles. The summed E-state index contributed by atoms with van der Waals surface area (Å²) in [5.41, 5.74) is -0.596. The normalized spacial score (nSPS) is 12.2. The van der Waals surface area contributed by atoms with Crippen molar-refractivity contribution in [3.05, 3.63) is 0 Å². The van der Waals surface area contributed by atoms with E-state index in [0.717, 1.165) is 6.26 Å². The number of rotatable bonds is 9. The zero-order chi connectivity index (χ0) is 15.1. The van der Waals surface area contributed by atoms with E-state index in [1.54, 1.807) is 13.8 Å². The minimum Gasteiger partial charge on any atom is -0.481 e. The Morgan fingerprint density at radius 2 is 1.74 bits per heavy atom. The molecule has 112 valence electrons. The summed E-state index contributed by atoms with van der Waals surface area (Å²) in [6, 6.07) is 0. The molecule has 0 aliphatic carbocycles. The molecule has 0 aliphatic rings. The van der Waals surface area contributed by atoms with Crippen molar-refractivity contribution in [2.45, 2.75) is 33.1 Å². The van der Waals surface area contributed by atoms with Gasteiger partial charge in [-0.25, -0.2) is 13.1 Å². The average Bonchev–Trinajstić information content (AvgIpc) is 2.11. The number of hydrogen-bond acceptors (Lipinski definition) is 4. The molecule has 0 aromatic carbocycles. The number of carbonyl (C=O) groups is 2. The molecule has 0 spiro atoms. The maximum atomic E-state index is 11.6. The molecular formula is C11H22N2O5S. The summed E-state index contributed by atoms with van der Waals surface area (Å²) in [5, 5.41) is 11.3. The summed E-state index contributed by atoms with van der Waals surface area (Å²) in [7, 11) is -3.20. The number of aliphatic carboxylic acids is 1. The second-order valence-corrected chi connectivity index (χ2v) is 7.11. The number of hydrogen-bond donors (Lipinski definition) is 3. The Bertz CT molecular complexity index is 417. The van der Waals surface area contributed by atoms with Crippen molar-refractivity contribution in [1.82, 2.24) is 10.0 Å². The Balaban J connectivity index is 3.85. The SMILES string of the molecule is CC(C)(CC(=O)O)CC(=O)NCCCNS(C)(=O)=O. The molecule has 0 rings (SSSR count). The highest BCUT2D eigenvalue weighted by atomic mass is 32.2. The Kier molecular flexibility index (Phi) is 6.99. The first kappa shape index (κ1) is 17.8. The van der Waals surface area contributed by atoms with Crippen molar-refractivity contribution in [3.8, 4) is 0 Å². The van der Waals surface area contributed by atoms with Crippen LogP contribution in [0.2, 0.25) is 0 Å². The minimum atomic E-state index is -3.20. The number of carbonyl (C=O) groups excluding carboxylic acids is 1. The molecule has 3 N–H and O–H groups in total. The number of sulfonamides is 1. The lowest BCUT2D eigenvalue weighted by Crippen LogP contribution is -2.32. The number of amides is 1. The molecule has 0 atom stereocenters. The molecule has 8 heteroatoms. The fraction of sp³-hybridized carbons (Fsp3) is 0.818. The van der Waals surface area contributed by atoms with Crippen molar-refractivity contribution < 1.29 is 23.1 Å². The lowest BCUT2D eigenvalue weighted by atomic mass is 9.85. The Labute approximate surface area is 113 Å². The maximum Gasteiger partial charge on any atom is 0.303 e. The Hall–Kier alpha value is -1.15. The van der Waals surface area contributed by atoms with E-state index in [2.05, 4.69) is 10.0 Å². The van der Waals surface area contributed by atoms with Gasteiger partial charge in [0.2, 0.25) is 15.9 Å². The minimum absolute atomic E-state index is 0.0734. The molecule has 0 aliphatic heterocycles.